The molecule has 2 aromatic rings. The number of fused-ring (bicyclic) bond motifs is 1. The number of benzene rings is 2. The molecule has 1 amide bonds. The molecule has 2 aromatic carbocycles. The van der Waals surface area contributed by atoms with Gasteiger partial charge in [-0.1, -0.05) is 68.9 Å². The van der Waals surface area contributed by atoms with Crippen LogP contribution < -0.4 is 0 Å². The number of amides is 1. The van der Waals surface area contributed by atoms with Crippen LogP contribution in [-0.4, -0.2) is 34.0 Å². The van der Waals surface area contributed by atoms with Crippen LogP contribution in [0.3, 0.4) is 0 Å². The highest BCUT2D eigenvalue weighted by atomic mass is 16.4. The van der Waals surface area contributed by atoms with E-state index in [1.807, 2.05) is 24.3 Å². The molecule has 34 heavy (non-hydrogen) atoms. The quantitative estimate of drug-likeness (QED) is 0.533. The number of hydrogen-bond donors (Lipinski definition) is 1. The number of carboxylic acid groups (broad SMARTS) is 1. The molecule has 0 aromatic heterocycles. The third-order valence-electron chi connectivity index (χ3n) is 8.02. The van der Waals surface area contributed by atoms with Gasteiger partial charge in [-0.3, -0.25) is 4.79 Å². The minimum atomic E-state index is -0.832. The zero-order valence-corrected chi connectivity index (χ0v) is 20.0. The normalized spacial score (nSPS) is 19.2. The van der Waals surface area contributed by atoms with E-state index in [0.717, 1.165) is 54.4 Å². The first-order valence-corrected chi connectivity index (χ1v) is 13.1. The Balaban J connectivity index is 1.42. The second-order valence-corrected chi connectivity index (χ2v) is 10.3. The Bertz CT molecular complexity index is 1070. The lowest BCUT2D eigenvalue weighted by Crippen LogP contribution is -2.48. The summed E-state index contributed by atoms with van der Waals surface area (Å²) in [5, 5.41) is 9.31. The topological polar surface area (TPSA) is 57.6 Å². The van der Waals surface area contributed by atoms with Crippen LogP contribution in [0.2, 0.25) is 0 Å². The van der Waals surface area contributed by atoms with Gasteiger partial charge in [0.15, 0.2) is 0 Å². The Hall–Kier alpha value is -2.88. The van der Waals surface area contributed by atoms with Crippen molar-refractivity contribution in [2.24, 2.45) is 0 Å². The summed E-state index contributed by atoms with van der Waals surface area (Å²) in [5.41, 5.74) is 5.56. The minimum Gasteiger partial charge on any atom is -0.478 e. The molecule has 178 valence electrons. The predicted octanol–water partition coefficient (Wildman–Crippen LogP) is 6.88. The molecule has 4 nitrogen and oxygen atoms in total. The number of rotatable bonds is 5. The molecule has 0 aliphatic heterocycles. The Morgan fingerprint density at radius 3 is 2.06 bits per heavy atom. The number of aryl methyl sites for hydroxylation is 1. The second-order valence-electron chi connectivity index (χ2n) is 10.3. The van der Waals surface area contributed by atoms with Gasteiger partial charge in [-0.05, 0) is 79.0 Å². The molecule has 1 N–H and O–H groups in total. The van der Waals surface area contributed by atoms with Crippen LogP contribution in [0.5, 0.6) is 0 Å². The van der Waals surface area contributed by atoms with Gasteiger partial charge in [-0.25, -0.2) is 4.79 Å². The predicted molar refractivity (Wildman–Crippen MR) is 136 cm³/mol. The number of aliphatic carboxylic acids is 1. The van der Waals surface area contributed by atoms with Crippen LogP contribution in [0, 0.1) is 0 Å². The largest absolute Gasteiger partial charge is 0.478 e. The molecular weight excluding hydrogens is 422 g/mol. The average molecular weight is 458 g/mol. The van der Waals surface area contributed by atoms with Crippen molar-refractivity contribution >= 4 is 18.0 Å². The maximum Gasteiger partial charge on any atom is 0.331 e. The van der Waals surface area contributed by atoms with Gasteiger partial charge in [-0.15, -0.1) is 0 Å². The molecular formula is C30H35NO3. The van der Waals surface area contributed by atoms with E-state index in [9.17, 15) is 14.7 Å². The summed E-state index contributed by atoms with van der Waals surface area (Å²) < 4.78 is 0. The molecule has 3 aliphatic carbocycles. The van der Waals surface area contributed by atoms with Crippen molar-refractivity contribution in [2.45, 2.75) is 89.1 Å². The molecule has 0 heterocycles. The Morgan fingerprint density at radius 2 is 1.41 bits per heavy atom. The fraction of sp³-hybridized carbons (Fsp3) is 0.467. The van der Waals surface area contributed by atoms with Gasteiger partial charge in [0.2, 0.25) is 0 Å². The van der Waals surface area contributed by atoms with Gasteiger partial charge >= 0.3 is 5.97 Å². The zero-order valence-electron chi connectivity index (χ0n) is 20.0. The van der Waals surface area contributed by atoms with Gasteiger partial charge in [-0.2, -0.15) is 0 Å². The van der Waals surface area contributed by atoms with Crippen molar-refractivity contribution in [3.8, 4) is 11.1 Å². The lowest BCUT2D eigenvalue weighted by molar-refractivity contribution is -0.132. The van der Waals surface area contributed by atoms with Crippen LogP contribution in [0.15, 0.2) is 48.0 Å². The summed E-state index contributed by atoms with van der Waals surface area (Å²) in [6.45, 7) is 0. The Morgan fingerprint density at radius 1 is 0.765 bits per heavy atom. The first-order chi connectivity index (χ1) is 16.6. The third-order valence-corrected chi connectivity index (χ3v) is 8.02. The van der Waals surface area contributed by atoms with Gasteiger partial charge in [0.05, 0.1) is 0 Å². The molecule has 5 rings (SSSR count). The molecule has 0 saturated heterocycles. The van der Waals surface area contributed by atoms with Gasteiger partial charge < -0.3 is 10.0 Å². The van der Waals surface area contributed by atoms with E-state index < -0.39 is 5.97 Å². The van der Waals surface area contributed by atoms with E-state index in [-0.39, 0.29) is 5.91 Å². The third kappa shape index (κ3) is 4.82. The first-order valence-electron chi connectivity index (χ1n) is 13.1. The maximum absolute atomic E-state index is 13.9. The molecule has 0 spiro atoms. The summed E-state index contributed by atoms with van der Waals surface area (Å²) in [7, 11) is 0. The van der Waals surface area contributed by atoms with E-state index in [4.69, 9.17) is 0 Å². The lowest BCUT2D eigenvalue weighted by atomic mass is 9.87. The maximum atomic E-state index is 13.9. The number of nitrogens with zero attached hydrogens (tertiary/aromatic N) is 1. The minimum absolute atomic E-state index is 0.202. The molecule has 2 saturated carbocycles. The van der Waals surface area contributed by atoms with Gasteiger partial charge in [0.25, 0.3) is 5.91 Å². The van der Waals surface area contributed by atoms with Crippen molar-refractivity contribution in [1.29, 1.82) is 0 Å². The highest BCUT2D eigenvalue weighted by molar-refractivity contribution is 5.96. The van der Waals surface area contributed by atoms with Crippen LogP contribution in [-0.2, 0) is 11.2 Å². The number of hydrogen-bond acceptors (Lipinski definition) is 2. The van der Waals surface area contributed by atoms with Crippen LogP contribution in [0.1, 0.15) is 92.1 Å². The number of carboxylic acids is 1. The highest BCUT2D eigenvalue weighted by Gasteiger charge is 2.33. The van der Waals surface area contributed by atoms with E-state index in [1.54, 1.807) is 6.08 Å². The summed E-state index contributed by atoms with van der Waals surface area (Å²) in [6, 6.07) is 15.1. The molecule has 0 unspecified atom stereocenters. The first kappa shape index (κ1) is 22.9. The van der Waals surface area contributed by atoms with Crippen molar-refractivity contribution < 1.29 is 14.7 Å². The Kier molecular flexibility index (Phi) is 6.85. The van der Waals surface area contributed by atoms with E-state index in [0.29, 0.717) is 24.1 Å². The molecule has 0 radical (unpaired) electrons. The summed E-state index contributed by atoms with van der Waals surface area (Å²) in [6.07, 6.45) is 15.1. The smallest absolute Gasteiger partial charge is 0.331 e. The van der Waals surface area contributed by atoms with E-state index in [1.165, 1.54) is 44.1 Å². The standard InChI is InChI=1S/C30H35NO3/c32-29(31(27-10-3-1-4-11-27)28-12-5-2-6-13-28)25-9-7-8-21(19-25)22-14-15-24-20-26(30(33)34)17-16-23(24)18-22/h7-9,14-15,18-20,27-28H,1-6,10-13,16-17H2,(H,33,34). The summed E-state index contributed by atoms with van der Waals surface area (Å²) in [4.78, 5) is 27.5. The molecule has 3 aliphatic rings. The monoisotopic (exact) mass is 457 g/mol. The van der Waals surface area contributed by atoms with E-state index in [2.05, 4.69) is 23.1 Å². The molecule has 2 fully saturated rings. The van der Waals surface area contributed by atoms with E-state index >= 15 is 0 Å². The van der Waals surface area contributed by atoms with Crippen molar-refractivity contribution in [3.05, 3.63) is 64.7 Å². The average Bonchev–Trinajstić information content (AvgIpc) is 2.89. The molecule has 4 heteroatoms. The fourth-order valence-corrected chi connectivity index (χ4v) is 6.17. The lowest BCUT2D eigenvalue weighted by Gasteiger charge is -2.42. The van der Waals surface area contributed by atoms with Crippen LogP contribution in [0.25, 0.3) is 17.2 Å². The van der Waals surface area contributed by atoms with Crippen LogP contribution in [0.4, 0.5) is 0 Å². The van der Waals surface area contributed by atoms with Crippen molar-refractivity contribution in [2.75, 3.05) is 0 Å². The van der Waals surface area contributed by atoms with Crippen LogP contribution >= 0.6 is 0 Å². The zero-order chi connectivity index (χ0) is 23.5. The van der Waals surface area contributed by atoms with Gasteiger partial charge in [0, 0.05) is 23.2 Å². The Labute approximate surface area is 202 Å². The number of carbonyl (C=O) groups is 2. The second kappa shape index (κ2) is 10.2. The molecule has 0 atom stereocenters. The van der Waals surface area contributed by atoms with Crippen molar-refractivity contribution in [1.82, 2.24) is 4.90 Å². The van der Waals surface area contributed by atoms with Crippen molar-refractivity contribution in [3.63, 3.8) is 0 Å². The SMILES string of the molecule is O=C(O)C1=Cc2ccc(-c3cccc(C(=O)N(C4CCCCC4)C4CCCCC4)c3)cc2CC1. The number of carbonyl (C=O) groups excluding carboxylic acids is 1. The summed E-state index contributed by atoms with van der Waals surface area (Å²) >= 11 is 0. The fourth-order valence-electron chi connectivity index (χ4n) is 6.17. The molecule has 0 bridgehead atoms. The highest BCUT2D eigenvalue weighted by Crippen LogP contribution is 2.33. The van der Waals surface area contributed by atoms with Gasteiger partial charge in [0.1, 0.15) is 0 Å². The summed E-state index contributed by atoms with van der Waals surface area (Å²) in [5.74, 6) is -0.630.